The van der Waals surface area contributed by atoms with Crippen LogP contribution < -0.4 is 14.4 Å². The van der Waals surface area contributed by atoms with Crippen LogP contribution in [0.4, 0.5) is 5.69 Å². The maximum Gasteiger partial charge on any atom is 0.253 e. The number of aromatic nitrogens is 1. The molecule has 36 heavy (non-hydrogen) atoms. The van der Waals surface area contributed by atoms with Crippen molar-refractivity contribution in [3.63, 3.8) is 0 Å². The molecule has 0 aliphatic carbocycles. The number of ether oxygens (including phenoxy) is 2. The molecule has 0 radical (unpaired) electrons. The first kappa shape index (κ1) is 23.9. The number of rotatable bonds is 5. The Morgan fingerprint density at radius 1 is 0.861 bits per heavy atom. The number of hydrogen-bond donors (Lipinski definition) is 0. The molecule has 5 rings (SSSR count). The number of pyridine rings is 1. The van der Waals surface area contributed by atoms with Crippen molar-refractivity contribution < 1.29 is 19.1 Å². The van der Waals surface area contributed by atoms with E-state index in [-0.39, 0.29) is 17.7 Å². The predicted octanol–water partition coefficient (Wildman–Crippen LogP) is 3.45. The van der Waals surface area contributed by atoms with E-state index in [0.29, 0.717) is 31.7 Å². The average molecular weight is 489 g/mol. The molecule has 1 unspecified atom stereocenters. The van der Waals surface area contributed by atoms with Crippen LogP contribution in [-0.4, -0.2) is 80.1 Å². The largest absolute Gasteiger partial charge is 0.497 e. The van der Waals surface area contributed by atoms with Gasteiger partial charge in [-0.25, -0.2) is 0 Å². The van der Waals surface area contributed by atoms with Crippen molar-refractivity contribution in [1.29, 1.82) is 0 Å². The van der Waals surface area contributed by atoms with Crippen LogP contribution >= 0.6 is 0 Å². The molecule has 2 saturated heterocycles. The molecular weight excluding hydrogens is 456 g/mol. The fourth-order valence-electron chi connectivity index (χ4n) is 5.22. The molecule has 1 atom stereocenters. The molecule has 8 nitrogen and oxygen atoms in total. The van der Waals surface area contributed by atoms with Gasteiger partial charge in [0.05, 0.1) is 25.7 Å². The lowest BCUT2D eigenvalue weighted by molar-refractivity contribution is -0.137. The minimum atomic E-state index is -0.151. The molecule has 0 saturated carbocycles. The van der Waals surface area contributed by atoms with E-state index in [2.05, 4.69) is 9.88 Å². The number of carbonyl (C=O) groups is 2. The lowest BCUT2D eigenvalue weighted by atomic mass is 9.95. The first-order chi connectivity index (χ1) is 17.6. The van der Waals surface area contributed by atoms with Crippen molar-refractivity contribution in [2.75, 3.05) is 58.4 Å². The highest BCUT2D eigenvalue weighted by molar-refractivity contribution is 5.95. The molecule has 2 fully saturated rings. The molecule has 2 amide bonds. The average Bonchev–Trinajstić information content (AvgIpc) is 2.96. The van der Waals surface area contributed by atoms with Gasteiger partial charge in [-0.3, -0.25) is 14.6 Å². The van der Waals surface area contributed by atoms with Crippen molar-refractivity contribution in [3.05, 3.63) is 60.3 Å². The van der Waals surface area contributed by atoms with Gasteiger partial charge in [-0.05, 0) is 55.3 Å². The zero-order chi connectivity index (χ0) is 25.1. The lowest BCUT2D eigenvalue weighted by Gasteiger charge is -2.40. The number of carbonyl (C=O) groups excluding carboxylic acids is 2. The molecule has 0 N–H and O–H groups in total. The van der Waals surface area contributed by atoms with Gasteiger partial charge in [0.2, 0.25) is 5.91 Å². The number of methoxy groups -OCH3 is 2. The molecule has 188 valence electrons. The Morgan fingerprint density at radius 2 is 1.58 bits per heavy atom. The van der Waals surface area contributed by atoms with Gasteiger partial charge in [-0.15, -0.1) is 0 Å². The Morgan fingerprint density at radius 3 is 2.31 bits per heavy atom. The third-order valence-electron chi connectivity index (χ3n) is 7.25. The van der Waals surface area contributed by atoms with Crippen LogP contribution in [0.15, 0.2) is 54.7 Å². The Hall–Kier alpha value is -3.81. The number of anilines is 1. The number of piperidine rings is 1. The second kappa shape index (κ2) is 10.4. The van der Waals surface area contributed by atoms with Crippen molar-refractivity contribution in [3.8, 4) is 11.5 Å². The Bertz CT molecular complexity index is 1240. The Balaban J connectivity index is 1.21. The number of nitrogens with zero attached hydrogens (tertiary/aromatic N) is 4. The summed E-state index contributed by atoms with van der Waals surface area (Å²) in [4.78, 5) is 37.0. The van der Waals surface area contributed by atoms with Crippen molar-refractivity contribution in [1.82, 2.24) is 14.8 Å². The fourth-order valence-corrected chi connectivity index (χ4v) is 5.22. The second-order valence-electron chi connectivity index (χ2n) is 9.34. The summed E-state index contributed by atoms with van der Waals surface area (Å²) in [5, 5.41) is 1.08. The summed E-state index contributed by atoms with van der Waals surface area (Å²) in [6, 6.07) is 15.1. The van der Waals surface area contributed by atoms with E-state index in [1.165, 1.54) is 0 Å². The van der Waals surface area contributed by atoms with E-state index in [4.69, 9.17) is 9.47 Å². The van der Waals surface area contributed by atoms with Gasteiger partial charge in [0.1, 0.15) is 11.5 Å². The normalized spacial score (nSPS) is 18.3. The van der Waals surface area contributed by atoms with Crippen LogP contribution in [0.2, 0.25) is 0 Å². The van der Waals surface area contributed by atoms with Crippen molar-refractivity contribution in [2.45, 2.75) is 12.8 Å². The topological polar surface area (TPSA) is 75.2 Å². The number of benzene rings is 2. The maximum absolute atomic E-state index is 13.4. The van der Waals surface area contributed by atoms with Crippen LogP contribution in [0.3, 0.4) is 0 Å². The fraction of sp³-hybridized carbons (Fsp3) is 0.393. The van der Waals surface area contributed by atoms with Crippen LogP contribution in [-0.2, 0) is 4.79 Å². The van der Waals surface area contributed by atoms with Gasteiger partial charge < -0.3 is 24.2 Å². The van der Waals surface area contributed by atoms with E-state index in [1.807, 2.05) is 40.3 Å². The number of piperazine rings is 1. The van der Waals surface area contributed by atoms with E-state index < -0.39 is 0 Å². The van der Waals surface area contributed by atoms with Crippen LogP contribution in [0.1, 0.15) is 23.2 Å². The minimum Gasteiger partial charge on any atom is -0.497 e. The number of amides is 2. The van der Waals surface area contributed by atoms with Gasteiger partial charge in [0.25, 0.3) is 5.91 Å². The van der Waals surface area contributed by atoms with Gasteiger partial charge in [-0.2, -0.15) is 0 Å². The van der Waals surface area contributed by atoms with Crippen molar-refractivity contribution in [2.24, 2.45) is 5.92 Å². The third kappa shape index (κ3) is 4.80. The van der Waals surface area contributed by atoms with Gasteiger partial charge in [-0.1, -0.05) is 0 Å². The zero-order valence-corrected chi connectivity index (χ0v) is 20.9. The highest BCUT2D eigenvalue weighted by Crippen LogP contribution is 2.29. The first-order valence-electron chi connectivity index (χ1n) is 12.5. The third-order valence-corrected chi connectivity index (χ3v) is 7.25. The second-order valence-corrected chi connectivity index (χ2v) is 9.34. The molecule has 3 heterocycles. The van der Waals surface area contributed by atoms with E-state index >= 15 is 0 Å². The number of hydrogen-bond acceptors (Lipinski definition) is 6. The van der Waals surface area contributed by atoms with Crippen molar-refractivity contribution >= 4 is 28.4 Å². The summed E-state index contributed by atoms with van der Waals surface area (Å²) in [6.45, 7) is 4.02. The van der Waals surface area contributed by atoms with Gasteiger partial charge in [0.15, 0.2) is 0 Å². The highest BCUT2D eigenvalue weighted by Gasteiger charge is 2.33. The molecule has 2 aliphatic heterocycles. The Labute approximate surface area is 211 Å². The quantitative estimate of drug-likeness (QED) is 0.548. The summed E-state index contributed by atoms with van der Waals surface area (Å²) in [6.07, 6.45) is 3.48. The predicted molar refractivity (Wildman–Crippen MR) is 139 cm³/mol. The molecule has 0 spiro atoms. The summed E-state index contributed by atoms with van der Waals surface area (Å²) < 4.78 is 10.5. The standard InChI is InChI=1S/C28H32N4O4/c1-35-22-7-5-20(6-8-22)27(33)32-13-3-4-21(19-32)28(34)31-16-14-30(15-17-31)26-11-12-29-25-18-23(36-2)9-10-24(25)26/h5-12,18,21H,3-4,13-17,19H2,1-2H3. The van der Waals surface area contributed by atoms with Gasteiger partial charge in [0, 0.05) is 68.2 Å². The number of fused-ring (bicyclic) bond motifs is 1. The lowest BCUT2D eigenvalue weighted by Crippen LogP contribution is -2.53. The number of likely N-dealkylation sites (tertiary alicyclic amines) is 1. The van der Waals surface area contributed by atoms with E-state index in [0.717, 1.165) is 54.0 Å². The minimum absolute atomic E-state index is 0.0267. The summed E-state index contributed by atoms with van der Waals surface area (Å²) in [5.41, 5.74) is 2.65. The molecule has 8 heteroatoms. The van der Waals surface area contributed by atoms with E-state index in [1.54, 1.807) is 38.5 Å². The zero-order valence-electron chi connectivity index (χ0n) is 20.9. The maximum atomic E-state index is 13.4. The Kier molecular flexibility index (Phi) is 6.93. The van der Waals surface area contributed by atoms with Crippen LogP contribution in [0.5, 0.6) is 11.5 Å². The highest BCUT2D eigenvalue weighted by atomic mass is 16.5. The molecule has 3 aromatic rings. The molecule has 0 bridgehead atoms. The van der Waals surface area contributed by atoms with Gasteiger partial charge >= 0.3 is 0 Å². The molecule has 1 aromatic heterocycles. The van der Waals surface area contributed by atoms with E-state index in [9.17, 15) is 9.59 Å². The summed E-state index contributed by atoms with van der Waals surface area (Å²) >= 11 is 0. The summed E-state index contributed by atoms with van der Waals surface area (Å²) in [5.74, 6) is 1.49. The smallest absolute Gasteiger partial charge is 0.253 e. The monoisotopic (exact) mass is 488 g/mol. The van der Waals surface area contributed by atoms with Crippen LogP contribution in [0, 0.1) is 5.92 Å². The molecule has 2 aromatic carbocycles. The summed E-state index contributed by atoms with van der Waals surface area (Å²) in [7, 11) is 3.26. The molecular formula is C28H32N4O4. The molecule has 2 aliphatic rings. The van der Waals surface area contributed by atoms with Crippen LogP contribution in [0.25, 0.3) is 10.9 Å². The SMILES string of the molecule is COc1ccc(C(=O)N2CCCC(C(=O)N3CCN(c4ccnc5cc(OC)ccc45)CC3)C2)cc1. The first-order valence-corrected chi connectivity index (χ1v) is 12.5.